The standard InChI is InChI=1S/C17H18F3N3/c1-10-16(12-4-2-11(9-21)3-5-12)23-14-7-6-13(17(18,19)20)8-15(14)22-10/h2-5,13H,6-9,21H2,1H3. The van der Waals surface area contributed by atoms with Crippen LogP contribution in [0.15, 0.2) is 24.3 Å². The lowest BCUT2D eigenvalue weighted by atomic mass is 9.88. The maximum absolute atomic E-state index is 12.9. The van der Waals surface area contributed by atoms with E-state index in [2.05, 4.69) is 9.97 Å². The van der Waals surface area contributed by atoms with Crippen molar-refractivity contribution in [3.63, 3.8) is 0 Å². The highest BCUT2D eigenvalue weighted by Gasteiger charge is 2.42. The van der Waals surface area contributed by atoms with Crippen LogP contribution in [0.2, 0.25) is 0 Å². The fraction of sp³-hybridized carbons (Fsp3) is 0.412. The van der Waals surface area contributed by atoms with Crippen LogP contribution < -0.4 is 5.73 Å². The van der Waals surface area contributed by atoms with Crippen molar-refractivity contribution in [3.05, 3.63) is 46.9 Å². The van der Waals surface area contributed by atoms with Crippen LogP contribution in [0.1, 0.15) is 29.1 Å². The Bertz CT molecular complexity index is 708. The van der Waals surface area contributed by atoms with Crippen LogP contribution in [0, 0.1) is 12.8 Å². The van der Waals surface area contributed by atoms with E-state index >= 15 is 0 Å². The zero-order valence-corrected chi connectivity index (χ0v) is 12.8. The molecule has 3 nitrogen and oxygen atoms in total. The molecule has 1 heterocycles. The van der Waals surface area contributed by atoms with Crippen LogP contribution in [0.4, 0.5) is 13.2 Å². The van der Waals surface area contributed by atoms with Crippen molar-refractivity contribution in [2.45, 2.75) is 38.9 Å². The number of rotatable bonds is 2. The maximum atomic E-state index is 12.9. The lowest BCUT2D eigenvalue weighted by Gasteiger charge is -2.26. The zero-order chi connectivity index (χ0) is 16.6. The molecule has 0 radical (unpaired) electrons. The van der Waals surface area contributed by atoms with Gasteiger partial charge in [0.05, 0.1) is 28.7 Å². The first-order valence-electron chi connectivity index (χ1n) is 7.61. The molecule has 0 bridgehead atoms. The Morgan fingerprint density at radius 3 is 2.43 bits per heavy atom. The fourth-order valence-corrected chi connectivity index (χ4v) is 2.96. The minimum absolute atomic E-state index is 0.0704. The SMILES string of the molecule is Cc1nc2c(nc1-c1ccc(CN)cc1)CCC(C(F)(F)F)C2. The molecule has 0 amide bonds. The number of alkyl halides is 3. The summed E-state index contributed by atoms with van der Waals surface area (Å²) in [6, 6.07) is 7.70. The van der Waals surface area contributed by atoms with Crippen LogP contribution in [-0.2, 0) is 19.4 Å². The molecule has 1 aromatic heterocycles. The third kappa shape index (κ3) is 3.22. The van der Waals surface area contributed by atoms with Crippen molar-refractivity contribution in [2.24, 2.45) is 11.7 Å². The monoisotopic (exact) mass is 321 g/mol. The quantitative estimate of drug-likeness (QED) is 0.920. The number of nitrogens with zero attached hydrogens (tertiary/aromatic N) is 2. The fourth-order valence-electron chi connectivity index (χ4n) is 2.96. The third-order valence-corrected chi connectivity index (χ3v) is 4.32. The molecule has 3 rings (SSSR count). The number of aryl methyl sites for hydroxylation is 2. The Labute approximate surface area is 132 Å². The molecular weight excluding hydrogens is 303 g/mol. The van der Waals surface area contributed by atoms with Crippen molar-refractivity contribution in [3.8, 4) is 11.3 Å². The summed E-state index contributed by atoms with van der Waals surface area (Å²) in [6.45, 7) is 2.25. The highest BCUT2D eigenvalue weighted by Crippen LogP contribution is 2.36. The van der Waals surface area contributed by atoms with Gasteiger partial charge < -0.3 is 5.73 Å². The van der Waals surface area contributed by atoms with Gasteiger partial charge in [-0.25, -0.2) is 4.98 Å². The normalized spacial score (nSPS) is 17.9. The molecular formula is C17H18F3N3. The third-order valence-electron chi connectivity index (χ3n) is 4.32. The van der Waals surface area contributed by atoms with Gasteiger partial charge in [0.25, 0.3) is 0 Å². The van der Waals surface area contributed by atoms with Gasteiger partial charge in [0.1, 0.15) is 0 Å². The van der Waals surface area contributed by atoms with Crippen LogP contribution >= 0.6 is 0 Å². The van der Waals surface area contributed by atoms with Gasteiger partial charge in [-0.1, -0.05) is 24.3 Å². The predicted molar refractivity (Wildman–Crippen MR) is 81.7 cm³/mol. The van der Waals surface area contributed by atoms with E-state index in [0.717, 1.165) is 16.8 Å². The van der Waals surface area contributed by atoms with Crippen LogP contribution in [0.25, 0.3) is 11.3 Å². The Morgan fingerprint density at radius 2 is 1.83 bits per heavy atom. The smallest absolute Gasteiger partial charge is 0.326 e. The predicted octanol–water partition coefficient (Wildman–Crippen LogP) is 3.58. The Balaban J connectivity index is 1.94. The zero-order valence-electron chi connectivity index (χ0n) is 12.8. The molecule has 1 unspecified atom stereocenters. The Morgan fingerprint density at radius 1 is 1.13 bits per heavy atom. The van der Waals surface area contributed by atoms with E-state index in [1.165, 1.54) is 0 Å². The van der Waals surface area contributed by atoms with E-state index in [-0.39, 0.29) is 12.8 Å². The summed E-state index contributed by atoms with van der Waals surface area (Å²) in [5.74, 6) is -1.31. The minimum atomic E-state index is -4.16. The second-order valence-corrected chi connectivity index (χ2v) is 5.93. The molecule has 2 N–H and O–H groups in total. The number of hydrogen-bond donors (Lipinski definition) is 1. The molecule has 1 atom stereocenters. The first-order valence-corrected chi connectivity index (χ1v) is 7.61. The Kier molecular flexibility index (Phi) is 4.10. The summed E-state index contributed by atoms with van der Waals surface area (Å²) in [6.07, 6.45) is -3.83. The number of aromatic nitrogens is 2. The van der Waals surface area contributed by atoms with E-state index in [1.807, 2.05) is 24.3 Å². The second-order valence-electron chi connectivity index (χ2n) is 5.93. The van der Waals surface area contributed by atoms with E-state index in [0.29, 0.717) is 30.0 Å². The Hall–Kier alpha value is -1.95. The molecule has 23 heavy (non-hydrogen) atoms. The maximum Gasteiger partial charge on any atom is 0.392 e. The molecule has 1 aliphatic rings. The molecule has 122 valence electrons. The van der Waals surface area contributed by atoms with Gasteiger partial charge in [0, 0.05) is 18.5 Å². The van der Waals surface area contributed by atoms with E-state index in [4.69, 9.17) is 5.73 Å². The highest BCUT2D eigenvalue weighted by atomic mass is 19.4. The first-order chi connectivity index (χ1) is 10.9. The van der Waals surface area contributed by atoms with Crippen LogP contribution in [-0.4, -0.2) is 16.1 Å². The van der Waals surface area contributed by atoms with Crippen molar-refractivity contribution < 1.29 is 13.2 Å². The van der Waals surface area contributed by atoms with Gasteiger partial charge >= 0.3 is 6.18 Å². The van der Waals surface area contributed by atoms with E-state index < -0.39 is 12.1 Å². The molecule has 1 aliphatic carbocycles. The molecule has 2 aromatic rings. The van der Waals surface area contributed by atoms with E-state index in [1.54, 1.807) is 6.92 Å². The van der Waals surface area contributed by atoms with Crippen LogP contribution in [0.3, 0.4) is 0 Å². The molecule has 0 fully saturated rings. The molecule has 6 heteroatoms. The number of hydrogen-bond acceptors (Lipinski definition) is 3. The number of fused-ring (bicyclic) bond motifs is 1. The summed E-state index contributed by atoms with van der Waals surface area (Å²) in [4.78, 5) is 9.00. The average Bonchev–Trinajstić information content (AvgIpc) is 2.53. The average molecular weight is 321 g/mol. The van der Waals surface area contributed by atoms with Gasteiger partial charge in [0.15, 0.2) is 0 Å². The number of nitrogens with two attached hydrogens (primary N) is 1. The van der Waals surface area contributed by atoms with Gasteiger partial charge in [-0.3, -0.25) is 4.98 Å². The summed E-state index contributed by atoms with van der Waals surface area (Å²) in [7, 11) is 0. The molecule has 0 aliphatic heterocycles. The summed E-state index contributed by atoms with van der Waals surface area (Å²) in [5.41, 5.74) is 10.1. The van der Waals surface area contributed by atoms with Crippen molar-refractivity contribution >= 4 is 0 Å². The number of benzene rings is 1. The van der Waals surface area contributed by atoms with Gasteiger partial charge in [-0.2, -0.15) is 13.2 Å². The van der Waals surface area contributed by atoms with Crippen molar-refractivity contribution in [1.29, 1.82) is 0 Å². The lowest BCUT2D eigenvalue weighted by molar-refractivity contribution is -0.177. The van der Waals surface area contributed by atoms with Gasteiger partial charge in [0.2, 0.25) is 0 Å². The molecule has 1 aromatic carbocycles. The second kappa shape index (κ2) is 5.92. The summed E-state index contributed by atoms with van der Waals surface area (Å²) < 4.78 is 38.7. The highest BCUT2D eigenvalue weighted by molar-refractivity contribution is 5.62. The van der Waals surface area contributed by atoms with Crippen molar-refractivity contribution in [1.82, 2.24) is 9.97 Å². The van der Waals surface area contributed by atoms with Gasteiger partial charge in [-0.15, -0.1) is 0 Å². The van der Waals surface area contributed by atoms with Gasteiger partial charge in [-0.05, 0) is 25.3 Å². The molecule has 0 saturated carbocycles. The lowest BCUT2D eigenvalue weighted by Crippen LogP contribution is -2.30. The molecule has 0 saturated heterocycles. The first kappa shape index (κ1) is 15.9. The van der Waals surface area contributed by atoms with Crippen LogP contribution in [0.5, 0.6) is 0 Å². The largest absolute Gasteiger partial charge is 0.392 e. The van der Waals surface area contributed by atoms with Crippen molar-refractivity contribution in [2.75, 3.05) is 0 Å². The molecule has 0 spiro atoms. The minimum Gasteiger partial charge on any atom is -0.326 e. The summed E-state index contributed by atoms with van der Waals surface area (Å²) >= 11 is 0. The number of halogens is 3. The summed E-state index contributed by atoms with van der Waals surface area (Å²) in [5, 5.41) is 0. The van der Waals surface area contributed by atoms with E-state index in [9.17, 15) is 13.2 Å². The topological polar surface area (TPSA) is 51.8 Å².